The van der Waals surface area contributed by atoms with Crippen molar-refractivity contribution >= 4 is 45.8 Å². The molecule has 14 heteroatoms. The van der Waals surface area contributed by atoms with E-state index in [0.29, 0.717) is 24.3 Å². The molecule has 14 nitrogen and oxygen atoms in total. The molecule has 0 spiro atoms. The second kappa shape index (κ2) is 17.1. The smallest absolute Gasteiger partial charge is 0.407 e. The zero-order chi connectivity index (χ0) is 45.3. The van der Waals surface area contributed by atoms with Crippen LogP contribution in [0.1, 0.15) is 114 Å². The monoisotopic (exact) mass is 882 g/mol. The number of aryl methyl sites for hydroxylation is 2. The molecule has 2 bridgehead atoms. The number of H-pyrrole nitrogens is 2. The highest BCUT2D eigenvalue weighted by Crippen LogP contribution is 2.57. The maximum Gasteiger partial charge on any atom is 0.407 e. The zero-order valence-corrected chi connectivity index (χ0v) is 38.4. The number of hydrogen-bond acceptors (Lipinski definition) is 8. The molecule has 5 aromatic rings. The first-order valence-electron chi connectivity index (χ1n) is 23.9. The summed E-state index contributed by atoms with van der Waals surface area (Å²) in [5, 5.41) is 7.72. The summed E-state index contributed by atoms with van der Waals surface area (Å²) in [6.07, 6.45) is 9.23. The van der Waals surface area contributed by atoms with E-state index in [2.05, 4.69) is 74.0 Å². The number of imidazole rings is 2. The van der Waals surface area contributed by atoms with Gasteiger partial charge in [-0.1, -0.05) is 89.8 Å². The maximum atomic E-state index is 14.7. The molecule has 65 heavy (non-hydrogen) atoms. The molecule has 2 aliphatic heterocycles. The number of methoxy groups -OCH3 is 2. The molecule has 5 aliphatic rings. The lowest BCUT2D eigenvalue weighted by atomic mass is 9.81. The van der Waals surface area contributed by atoms with Gasteiger partial charge in [0.2, 0.25) is 11.8 Å². The number of rotatable bonds is 10. The van der Waals surface area contributed by atoms with E-state index in [9.17, 15) is 19.2 Å². The van der Waals surface area contributed by atoms with Crippen LogP contribution in [0.5, 0.6) is 0 Å². The van der Waals surface area contributed by atoms with Gasteiger partial charge in [-0.05, 0) is 102 Å². The van der Waals surface area contributed by atoms with E-state index in [1.807, 2.05) is 32.6 Å². The number of hydrogen-bond donors (Lipinski definition) is 4. The van der Waals surface area contributed by atoms with Gasteiger partial charge in [0, 0.05) is 29.2 Å². The van der Waals surface area contributed by atoms with Crippen molar-refractivity contribution in [2.45, 2.75) is 122 Å². The van der Waals surface area contributed by atoms with Crippen LogP contribution in [0.25, 0.3) is 44.2 Å². The topological polar surface area (TPSA) is 175 Å². The highest BCUT2D eigenvalue weighted by molar-refractivity contribution is 6.05. The molecule has 2 saturated carbocycles. The number of carbonyl (C=O) groups excluding carboxylic acids is 4. The standard InChI is InChI=1S/C51H62N8O6/c1-26(2)41(56-50(62)64-5)48(60)58-21-9-12-39(58)46-52-37-19-15-31-22-29(13-17-34(31)43(37)54-46)30-14-18-35-32(23-30)16-20-38-44(35)55-47(53-38)45-33-24-36(28-10-7-8-11-28)40(25-33)59(45)49(61)42(27(3)4)57-51(63)65-6/h13-15,17-19,22-23,26-28,33,36,39-42,45H,7-12,16,20-21,24-25H2,1-6H3,(H,52,54)(H,53,55)(H,56,62)(H,57,63)/t33-,36?,39-,40-,41-,42-,45-/m0/s1. The number of likely N-dealkylation sites (tertiary alicyclic amines) is 2. The van der Waals surface area contributed by atoms with Crippen molar-refractivity contribution in [1.29, 1.82) is 0 Å². The van der Waals surface area contributed by atoms with Gasteiger partial charge in [0.05, 0.1) is 43.0 Å². The van der Waals surface area contributed by atoms with Crippen molar-refractivity contribution < 1.29 is 28.7 Å². The SMILES string of the molecule is COC(=O)N[C@H](C(=O)N1CCC[C@H]1c1nc2c(ccc3cc(-c4ccc5c(c4)CCc4[nH]c([C@@H]6[C@H]7CC(C8CCCC8)[C@H](C7)N6C(=O)[C@@H](NC(=O)OC)C(C)C)nc4-5)ccc32)[nH]1)C(C)C. The number of carbonyl (C=O) groups is 4. The first-order valence-corrected chi connectivity index (χ1v) is 23.9. The molecule has 0 radical (unpaired) electrons. The van der Waals surface area contributed by atoms with Crippen molar-refractivity contribution in [1.82, 2.24) is 40.4 Å². The molecule has 342 valence electrons. The fourth-order valence-corrected chi connectivity index (χ4v) is 12.3. The normalized spacial score (nSPS) is 23.6. The van der Waals surface area contributed by atoms with Gasteiger partial charge in [-0.3, -0.25) is 9.59 Å². The summed E-state index contributed by atoms with van der Waals surface area (Å²) in [7, 11) is 2.64. The Bertz CT molecular complexity index is 2660. The summed E-state index contributed by atoms with van der Waals surface area (Å²) in [5.41, 5.74) is 8.50. The Kier molecular flexibility index (Phi) is 11.3. The van der Waals surface area contributed by atoms with Gasteiger partial charge >= 0.3 is 12.2 Å². The molecule has 2 aromatic heterocycles. The lowest BCUT2D eigenvalue weighted by molar-refractivity contribution is -0.141. The Balaban J connectivity index is 0.910. The Labute approximate surface area is 380 Å². The Morgan fingerprint density at radius 3 is 2.17 bits per heavy atom. The van der Waals surface area contributed by atoms with Gasteiger partial charge in [0.25, 0.3) is 0 Å². The third-order valence-corrected chi connectivity index (χ3v) is 15.5. The Hall–Kier alpha value is -5.92. The van der Waals surface area contributed by atoms with Crippen LogP contribution in [-0.4, -0.2) is 92.6 Å². The van der Waals surface area contributed by atoms with Crippen molar-refractivity contribution in [3.05, 3.63) is 71.4 Å². The molecule has 4 heterocycles. The van der Waals surface area contributed by atoms with Crippen LogP contribution < -0.4 is 10.6 Å². The predicted octanol–water partition coefficient (Wildman–Crippen LogP) is 8.76. The summed E-state index contributed by atoms with van der Waals surface area (Å²) >= 11 is 0. The van der Waals surface area contributed by atoms with E-state index in [1.165, 1.54) is 45.5 Å². The number of benzene rings is 3. The molecular weight excluding hydrogens is 821 g/mol. The van der Waals surface area contributed by atoms with Gasteiger partial charge in [0.15, 0.2) is 0 Å². The quantitative estimate of drug-likeness (QED) is 0.108. The highest BCUT2D eigenvalue weighted by Gasteiger charge is 2.57. The molecule has 4 fully saturated rings. The molecule has 3 aromatic carbocycles. The largest absolute Gasteiger partial charge is 0.453 e. The minimum absolute atomic E-state index is 0.0348. The first-order chi connectivity index (χ1) is 31.4. The molecule has 4 amide bonds. The zero-order valence-electron chi connectivity index (χ0n) is 38.4. The lowest BCUT2D eigenvalue weighted by Gasteiger charge is -2.42. The second-order valence-electron chi connectivity index (χ2n) is 19.9. The van der Waals surface area contributed by atoms with E-state index < -0.39 is 24.3 Å². The van der Waals surface area contributed by atoms with Crippen molar-refractivity contribution in [3.63, 3.8) is 0 Å². The van der Waals surface area contributed by atoms with Crippen LogP contribution >= 0.6 is 0 Å². The molecular formula is C51H62N8O6. The highest BCUT2D eigenvalue weighted by atomic mass is 16.5. The summed E-state index contributed by atoms with van der Waals surface area (Å²) in [6, 6.07) is 15.8. The van der Waals surface area contributed by atoms with Gasteiger partial charge in [-0.2, -0.15) is 0 Å². The lowest BCUT2D eigenvalue weighted by Crippen LogP contribution is -2.55. The van der Waals surface area contributed by atoms with E-state index in [0.717, 1.165) is 100 Å². The molecule has 3 aliphatic carbocycles. The van der Waals surface area contributed by atoms with E-state index in [-0.39, 0.29) is 41.8 Å². The number of aromatic amines is 2. The van der Waals surface area contributed by atoms with E-state index in [1.54, 1.807) is 0 Å². The van der Waals surface area contributed by atoms with Crippen molar-refractivity contribution in [2.24, 2.45) is 29.6 Å². The van der Waals surface area contributed by atoms with Crippen LogP contribution in [-0.2, 0) is 31.9 Å². The summed E-state index contributed by atoms with van der Waals surface area (Å²) in [4.78, 5) is 74.8. The average molecular weight is 883 g/mol. The van der Waals surface area contributed by atoms with Crippen LogP contribution in [0.3, 0.4) is 0 Å². The molecule has 1 unspecified atom stereocenters. The number of ether oxygens (including phenoxy) is 2. The van der Waals surface area contributed by atoms with Gasteiger partial charge in [-0.15, -0.1) is 0 Å². The van der Waals surface area contributed by atoms with Crippen LogP contribution in [0.4, 0.5) is 9.59 Å². The van der Waals surface area contributed by atoms with Crippen LogP contribution in [0.2, 0.25) is 0 Å². The predicted molar refractivity (Wildman–Crippen MR) is 248 cm³/mol. The van der Waals surface area contributed by atoms with Gasteiger partial charge < -0.3 is 39.9 Å². The van der Waals surface area contributed by atoms with E-state index in [4.69, 9.17) is 19.4 Å². The Morgan fingerprint density at radius 2 is 1.45 bits per heavy atom. The molecule has 10 rings (SSSR count). The maximum absolute atomic E-state index is 14.7. The first kappa shape index (κ1) is 43.0. The van der Waals surface area contributed by atoms with Crippen LogP contribution in [0.15, 0.2) is 48.5 Å². The van der Waals surface area contributed by atoms with Crippen LogP contribution in [0, 0.1) is 29.6 Å². The third kappa shape index (κ3) is 7.60. The summed E-state index contributed by atoms with van der Waals surface area (Å²) in [6.45, 7) is 8.39. The van der Waals surface area contributed by atoms with Gasteiger partial charge in [0.1, 0.15) is 23.7 Å². The minimum atomic E-state index is -0.694. The van der Waals surface area contributed by atoms with Crippen molar-refractivity contribution in [3.8, 4) is 22.4 Å². The van der Waals surface area contributed by atoms with Crippen molar-refractivity contribution in [2.75, 3.05) is 20.8 Å². The Morgan fingerprint density at radius 1 is 0.738 bits per heavy atom. The number of amides is 4. The second-order valence-corrected chi connectivity index (χ2v) is 19.9. The summed E-state index contributed by atoms with van der Waals surface area (Å²) < 4.78 is 9.77. The van der Waals surface area contributed by atoms with Gasteiger partial charge in [-0.25, -0.2) is 19.6 Å². The number of nitrogens with one attached hydrogen (secondary N) is 4. The molecule has 4 N–H and O–H groups in total. The number of nitrogens with zero attached hydrogens (tertiary/aromatic N) is 4. The number of aromatic nitrogens is 4. The fourth-order valence-electron chi connectivity index (χ4n) is 12.3. The molecule has 2 saturated heterocycles. The molecule has 7 atom stereocenters. The van der Waals surface area contributed by atoms with E-state index >= 15 is 0 Å². The average Bonchev–Trinajstić information content (AvgIpc) is 4.18. The number of alkyl carbamates (subject to hydrolysis) is 2. The third-order valence-electron chi connectivity index (χ3n) is 15.5. The number of piperidine rings is 1. The number of fused-ring (bicyclic) bond motifs is 8. The summed E-state index contributed by atoms with van der Waals surface area (Å²) in [5.74, 6) is 2.69. The fraction of sp³-hybridized carbons (Fsp3) is 0.529. The minimum Gasteiger partial charge on any atom is -0.453 e.